The third-order valence-corrected chi connectivity index (χ3v) is 2.59. The lowest BCUT2D eigenvalue weighted by Crippen LogP contribution is -2.13. The summed E-state index contributed by atoms with van der Waals surface area (Å²) in [7, 11) is 0. The van der Waals surface area contributed by atoms with Crippen LogP contribution in [0.2, 0.25) is 0 Å². The molecule has 0 fully saturated rings. The van der Waals surface area contributed by atoms with Gasteiger partial charge in [0.25, 0.3) is 0 Å². The van der Waals surface area contributed by atoms with Crippen LogP contribution < -0.4 is 10.6 Å². The molecule has 0 aliphatic heterocycles. The molecule has 2 rings (SSSR count). The number of aryl methyl sites for hydroxylation is 1. The van der Waals surface area contributed by atoms with Crippen molar-refractivity contribution in [2.45, 2.75) is 33.4 Å². The summed E-state index contributed by atoms with van der Waals surface area (Å²) in [5.74, 6) is 0.595. The van der Waals surface area contributed by atoms with Gasteiger partial charge in [0.1, 0.15) is 0 Å². The zero-order valence-corrected chi connectivity index (χ0v) is 11.3. The largest absolute Gasteiger partial charge is 0.407 e. The Morgan fingerprint density at radius 2 is 2.11 bits per heavy atom. The summed E-state index contributed by atoms with van der Waals surface area (Å²) in [6.07, 6.45) is 2.92. The predicted molar refractivity (Wildman–Crippen MR) is 72.6 cm³/mol. The lowest BCUT2D eigenvalue weighted by Gasteiger charge is -2.01. The summed E-state index contributed by atoms with van der Waals surface area (Å²) >= 11 is 0. The summed E-state index contributed by atoms with van der Waals surface area (Å²) in [6.45, 7) is 6.25. The molecule has 102 valence electrons. The Morgan fingerprint density at radius 3 is 2.84 bits per heavy atom. The molecule has 6 nitrogen and oxygen atoms in total. The van der Waals surface area contributed by atoms with Gasteiger partial charge in [0.15, 0.2) is 0 Å². The second-order valence-electron chi connectivity index (χ2n) is 4.34. The predicted octanol–water partition coefficient (Wildman–Crippen LogP) is 1.88. The monoisotopic (exact) mass is 261 g/mol. The SMILES string of the molecule is CCCNCc1nnc(NCc2ccc(C)nc2)o1. The second kappa shape index (κ2) is 6.84. The summed E-state index contributed by atoms with van der Waals surface area (Å²) in [5.41, 5.74) is 2.08. The first kappa shape index (κ1) is 13.5. The molecule has 0 atom stereocenters. The van der Waals surface area contributed by atoms with Crippen LogP contribution in [0.4, 0.5) is 6.01 Å². The number of nitrogens with one attached hydrogen (secondary N) is 2. The van der Waals surface area contributed by atoms with Gasteiger partial charge in [-0.1, -0.05) is 18.1 Å². The standard InChI is InChI=1S/C13H19N5O/c1-3-6-14-9-12-17-18-13(19-12)16-8-11-5-4-10(2)15-7-11/h4-5,7,14H,3,6,8-9H2,1-2H3,(H,16,18). The van der Waals surface area contributed by atoms with Crippen molar-refractivity contribution >= 4 is 6.01 Å². The minimum absolute atomic E-state index is 0.439. The van der Waals surface area contributed by atoms with Gasteiger partial charge in [0.05, 0.1) is 6.54 Å². The van der Waals surface area contributed by atoms with E-state index in [0.717, 1.165) is 24.2 Å². The highest BCUT2D eigenvalue weighted by Gasteiger charge is 2.04. The maximum absolute atomic E-state index is 5.46. The molecular weight excluding hydrogens is 242 g/mol. The van der Waals surface area contributed by atoms with E-state index in [1.165, 1.54) is 0 Å². The van der Waals surface area contributed by atoms with E-state index in [1.54, 1.807) is 0 Å². The Hall–Kier alpha value is -1.95. The topological polar surface area (TPSA) is 75.9 Å². The van der Waals surface area contributed by atoms with Crippen LogP contribution in [0.5, 0.6) is 0 Å². The molecule has 0 saturated heterocycles. The molecule has 0 unspecified atom stereocenters. The Labute approximate surface area is 112 Å². The van der Waals surface area contributed by atoms with Gasteiger partial charge in [0.2, 0.25) is 5.89 Å². The molecule has 2 N–H and O–H groups in total. The highest BCUT2D eigenvalue weighted by atomic mass is 16.4. The van der Waals surface area contributed by atoms with Crippen LogP contribution >= 0.6 is 0 Å². The number of rotatable bonds is 7. The average molecular weight is 261 g/mol. The van der Waals surface area contributed by atoms with Crippen LogP contribution in [0.3, 0.4) is 0 Å². The molecule has 0 radical (unpaired) electrons. The minimum atomic E-state index is 0.439. The van der Waals surface area contributed by atoms with E-state index in [1.807, 2.05) is 25.3 Å². The van der Waals surface area contributed by atoms with Crippen molar-refractivity contribution < 1.29 is 4.42 Å². The van der Waals surface area contributed by atoms with Crippen molar-refractivity contribution in [1.29, 1.82) is 0 Å². The van der Waals surface area contributed by atoms with Crippen LogP contribution in [0.15, 0.2) is 22.7 Å². The molecule has 19 heavy (non-hydrogen) atoms. The Balaban J connectivity index is 1.81. The normalized spacial score (nSPS) is 10.6. The van der Waals surface area contributed by atoms with E-state index >= 15 is 0 Å². The number of anilines is 1. The van der Waals surface area contributed by atoms with Crippen molar-refractivity contribution in [2.24, 2.45) is 0 Å². The molecule has 0 aliphatic rings. The average Bonchev–Trinajstić information content (AvgIpc) is 2.86. The molecule has 0 amide bonds. The van der Waals surface area contributed by atoms with Crippen LogP contribution in [0.25, 0.3) is 0 Å². The van der Waals surface area contributed by atoms with Crippen LogP contribution in [0.1, 0.15) is 30.5 Å². The maximum atomic E-state index is 5.46. The first-order valence-electron chi connectivity index (χ1n) is 6.46. The number of hydrogen-bond donors (Lipinski definition) is 2. The summed E-state index contributed by atoms with van der Waals surface area (Å²) < 4.78 is 5.46. The van der Waals surface area contributed by atoms with Gasteiger partial charge < -0.3 is 15.1 Å². The fraction of sp³-hybridized carbons (Fsp3) is 0.462. The van der Waals surface area contributed by atoms with Crippen molar-refractivity contribution in [3.8, 4) is 0 Å². The van der Waals surface area contributed by atoms with E-state index in [2.05, 4.69) is 32.7 Å². The van der Waals surface area contributed by atoms with Gasteiger partial charge in [-0.2, -0.15) is 0 Å². The Kier molecular flexibility index (Phi) is 4.85. The lowest BCUT2D eigenvalue weighted by atomic mass is 10.2. The van der Waals surface area contributed by atoms with Gasteiger partial charge in [0, 0.05) is 18.4 Å². The van der Waals surface area contributed by atoms with Crippen LogP contribution in [-0.4, -0.2) is 21.7 Å². The first-order valence-corrected chi connectivity index (χ1v) is 6.46. The van der Waals surface area contributed by atoms with Crippen molar-refractivity contribution in [2.75, 3.05) is 11.9 Å². The van der Waals surface area contributed by atoms with Gasteiger partial charge in [-0.25, -0.2) is 0 Å². The molecule has 6 heteroatoms. The first-order chi connectivity index (χ1) is 9.28. The quantitative estimate of drug-likeness (QED) is 0.741. The summed E-state index contributed by atoms with van der Waals surface area (Å²) in [4.78, 5) is 4.23. The van der Waals surface area contributed by atoms with Crippen LogP contribution in [0, 0.1) is 6.92 Å². The molecule has 2 aromatic rings. The van der Waals surface area contributed by atoms with E-state index in [9.17, 15) is 0 Å². The van der Waals surface area contributed by atoms with Gasteiger partial charge in [-0.05, 0) is 31.5 Å². The lowest BCUT2D eigenvalue weighted by molar-refractivity contribution is 0.477. The zero-order valence-electron chi connectivity index (χ0n) is 11.3. The highest BCUT2D eigenvalue weighted by molar-refractivity contribution is 5.22. The molecule has 0 aromatic carbocycles. The number of hydrogen-bond acceptors (Lipinski definition) is 6. The highest BCUT2D eigenvalue weighted by Crippen LogP contribution is 2.07. The summed E-state index contributed by atoms with van der Waals surface area (Å²) in [5, 5.41) is 14.2. The van der Waals surface area contributed by atoms with Crippen LogP contribution in [-0.2, 0) is 13.1 Å². The van der Waals surface area contributed by atoms with Gasteiger partial charge in [-0.3, -0.25) is 4.98 Å². The number of nitrogens with zero attached hydrogens (tertiary/aromatic N) is 3. The Bertz CT molecular complexity index is 494. The van der Waals surface area contributed by atoms with E-state index in [4.69, 9.17) is 4.42 Å². The van der Waals surface area contributed by atoms with Crippen molar-refractivity contribution in [3.63, 3.8) is 0 Å². The molecule has 0 saturated carbocycles. The van der Waals surface area contributed by atoms with E-state index in [-0.39, 0.29) is 0 Å². The third-order valence-electron chi connectivity index (χ3n) is 2.59. The van der Waals surface area contributed by atoms with Crippen molar-refractivity contribution in [3.05, 3.63) is 35.5 Å². The summed E-state index contributed by atoms with van der Waals surface area (Å²) in [6, 6.07) is 4.44. The fourth-order valence-electron chi connectivity index (χ4n) is 1.55. The van der Waals surface area contributed by atoms with Crippen molar-refractivity contribution in [1.82, 2.24) is 20.5 Å². The molecule has 0 spiro atoms. The van der Waals surface area contributed by atoms with E-state index < -0.39 is 0 Å². The third kappa shape index (κ3) is 4.33. The number of aromatic nitrogens is 3. The Morgan fingerprint density at radius 1 is 1.21 bits per heavy atom. The van der Waals surface area contributed by atoms with Gasteiger partial charge in [-0.15, -0.1) is 5.10 Å². The molecule has 2 heterocycles. The number of pyridine rings is 1. The minimum Gasteiger partial charge on any atom is -0.407 e. The fourth-order valence-corrected chi connectivity index (χ4v) is 1.55. The second-order valence-corrected chi connectivity index (χ2v) is 4.34. The maximum Gasteiger partial charge on any atom is 0.315 e. The van der Waals surface area contributed by atoms with E-state index in [0.29, 0.717) is 25.0 Å². The zero-order chi connectivity index (χ0) is 13.5. The smallest absolute Gasteiger partial charge is 0.315 e. The molecule has 2 aromatic heterocycles. The molecule has 0 bridgehead atoms. The molecular formula is C13H19N5O. The molecule has 0 aliphatic carbocycles. The van der Waals surface area contributed by atoms with Gasteiger partial charge >= 0.3 is 6.01 Å².